The van der Waals surface area contributed by atoms with Crippen LogP contribution in [0.15, 0.2) is 54.7 Å². The molecular weight excluding hydrogens is 382 g/mol. The molecule has 3 rings (SSSR count). The fourth-order valence-electron chi connectivity index (χ4n) is 2.69. The lowest BCUT2D eigenvalue weighted by atomic mass is 10.0. The van der Waals surface area contributed by atoms with E-state index in [0.717, 1.165) is 12.3 Å². The van der Waals surface area contributed by atoms with Crippen LogP contribution in [0.4, 0.5) is 8.78 Å². The second-order valence-corrected chi connectivity index (χ2v) is 6.15. The zero-order valence-electron chi connectivity index (χ0n) is 15.3. The van der Waals surface area contributed by atoms with Crippen molar-refractivity contribution in [2.75, 3.05) is 0 Å². The van der Waals surface area contributed by atoms with Gasteiger partial charge in [-0.2, -0.15) is 0 Å². The smallest absolute Gasteiger partial charge is 0.336 e. The normalized spacial score (nSPS) is 10.4. The van der Waals surface area contributed by atoms with Crippen molar-refractivity contribution in [3.63, 3.8) is 0 Å². The third-order valence-corrected chi connectivity index (χ3v) is 4.16. The van der Waals surface area contributed by atoms with Crippen LogP contribution in [0.25, 0.3) is 0 Å². The standard InChI is InChI=1S/C21H16F2N2O4/c1-12-3-2-4-16(21(27)28)18(12)11-24-19(26)17-9-14(23)10-25-20(17)29-15-7-5-13(22)6-8-15/h2-10H,11H2,1H3,(H,24,26)(H,27,28). The molecule has 0 atom stereocenters. The molecule has 29 heavy (non-hydrogen) atoms. The molecule has 6 nitrogen and oxygen atoms in total. The summed E-state index contributed by atoms with van der Waals surface area (Å²) in [6.07, 6.45) is 0.888. The predicted octanol–water partition coefficient (Wildman–Crippen LogP) is 4.09. The van der Waals surface area contributed by atoms with Crippen molar-refractivity contribution >= 4 is 11.9 Å². The topological polar surface area (TPSA) is 88.5 Å². The van der Waals surface area contributed by atoms with Crippen LogP contribution in [0, 0.1) is 18.6 Å². The minimum Gasteiger partial charge on any atom is -0.478 e. The fraction of sp³-hybridized carbons (Fsp3) is 0.0952. The average Bonchev–Trinajstić information content (AvgIpc) is 2.69. The Labute approximate surface area is 164 Å². The van der Waals surface area contributed by atoms with Gasteiger partial charge in [0.2, 0.25) is 5.88 Å². The molecule has 0 radical (unpaired) electrons. The number of nitrogens with one attached hydrogen (secondary N) is 1. The highest BCUT2D eigenvalue weighted by atomic mass is 19.1. The van der Waals surface area contributed by atoms with Gasteiger partial charge >= 0.3 is 5.97 Å². The van der Waals surface area contributed by atoms with Crippen LogP contribution < -0.4 is 10.1 Å². The molecule has 0 saturated carbocycles. The highest BCUT2D eigenvalue weighted by Crippen LogP contribution is 2.24. The Morgan fingerprint density at radius 2 is 1.79 bits per heavy atom. The molecular formula is C21H16F2N2O4. The minimum absolute atomic E-state index is 0.0606. The zero-order chi connectivity index (χ0) is 21.0. The first kappa shape index (κ1) is 19.9. The molecule has 0 fully saturated rings. The lowest BCUT2D eigenvalue weighted by molar-refractivity contribution is 0.0694. The Hall–Kier alpha value is -3.81. The van der Waals surface area contributed by atoms with Crippen LogP contribution >= 0.6 is 0 Å². The summed E-state index contributed by atoms with van der Waals surface area (Å²) in [5, 5.41) is 11.9. The number of aromatic carboxylic acids is 1. The number of halogens is 2. The molecule has 0 aliphatic carbocycles. The largest absolute Gasteiger partial charge is 0.478 e. The van der Waals surface area contributed by atoms with Gasteiger partial charge in [-0.1, -0.05) is 12.1 Å². The summed E-state index contributed by atoms with van der Waals surface area (Å²) >= 11 is 0. The maximum Gasteiger partial charge on any atom is 0.336 e. The summed E-state index contributed by atoms with van der Waals surface area (Å²) in [5.74, 6) is -2.98. The number of nitrogens with zero attached hydrogens (tertiary/aromatic N) is 1. The Kier molecular flexibility index (Phi) is 5.82. The number of carboxylic acid groups (broad SMARTS) is 1. The number of aromatic nitrogens is 1. The van der Waals surface area contributed by atoms with Crippen molar-refractivity contribution in [2.45, 2.75) is 13.5 Å². The predicted molar refractivity (Wildman–Crippen MR) is 100.0 cm³/mol. The molecule has 2 N–H and O–H groups in total. The molecule has 0 spiro atoms. The maximum absolute atomic E-state index is 13.7. The van der Waals surface area contributed by atoms with E-state index in [9.17, 15) is 23.5 Å². The Balaban J connectivity index is 1.83. The molecule has 3 aromatic rings. The highest BCUT2D eigenvalue weighted by molar-refractivity contribution is 5.96. The van der Waals surface area contributed by atoms with Crippen molar-refractivity contribution in [1.82, 2.24) is 10.3 Å². The molecule has 1 heterocycles. The van der Waals surface area contributed by atoms with Crippen molar-refractivity contribution in [3.8, 4) is 11.6 Å². The van der Waals surface area contributed by atoms with Crippen LogP contribution in [0.2, 0.25) is 0 Å². The Morgan fingerprint density at radius 1 is 1.07 bits per heavy atom. The van der Waals surface area contributed by atoms with Gasteiger partial charge < -0.3 is 15.2 Å². The summed E-state index contributed by atoms with van der Waals surface area (Å²) in [5.41, 5.74) is 0.995. The lowest BCUT2D eigenvalue weighted by Crippen LogP contribution is -2.25. The molecule has 0 unspecified atom stereocenters. The van der Waals surface area contributed by atoms with E-state index in [4.69, 9.17) is 4.74 Å². The van der Waals surface area contributed by atoms with E-state index in [1.165, 1.54) is 30.3 Å². The van der Waals surface area contributed by atoms with Crippen molar-refractivity contribution in [1.29, 1.82) is 0 Å². The SMILES string of the molecule is Cc1cccc(C(=O)O)c1CNC(=O)c1cc(F)cnc1Oc1ccc(F)cc1. The van der Waals surface area contributed by atoms with Crippen LogP contribution in [-0.4, -0.2) is 22.0 Å². The molecule has 148 valence electrons. The summed E-state index contributed by atoms with van der Waals surface area (Å²) in [7, 11) is 0. The number of carboxylic acids is 1. The van der Waals surface area contributed by atoms with E-state index in [1.54, 1.807) is 19.1 Å². The fourth-order valence-corrected chi connectivity index (χ4v) is 2.69. The number of ether oxygens (including phenoxy) is 1. The maximum atomic E-state index is 13.7. The number of carbonyl (C=O) groups excluding carboxylic acids is 1. The monoisotopic (exact) mass is 398 g/mol. The van der Waals surface area contributed by atoms with Crippen molar-refractivity contribution in [2.24, 2.45) is 0 Å². The molecule has 0 aliphatic rings. The number of amides is 1. The molecule has 0 saturated heterocycles. The number of carbonyl (C=O) groups is 2. The van der Waals surface area contributed by atoms with Crippen molar-refractivity contribution < 1.29 is 28.2 Å². The van der Waals surface area contributed by atoms with Gasteiger partial charge in [0, 0.05) is 6.54 Å². The molecule has 0 aliphatic heterocycles. The molecule has 8 heteroatoms. The zero-order valence-corrected chi connectivity index (χ0v) is 15.3. The number of pyridine rings is 1. The minimum atomic E-state index is -1.12. The second-order valence-electron chi connectivity index (χ2n) is 6.15. The lowest BCUT2D eigenvalue weighted by Gasteiger charge is -2.13. The Morgan fingerprint density at radius 3 is 2.48 bits per heavy atom. The van der Waals surface area contributed by atoms with Gasteiger partial charge in [-0.3, -0.25) is 4.79 Å². The van der Waals surface area contributed by atoms with Gasteiger partial charge in [0.05, 0.1) is 11.8 Å². The van der Waals surface area contributed by atoms with Crippen molar-refractivity contribution in [3.05, 3.63) is 88.6 Å². The van der Waals surface area contributed by atoms with E-state index < -0.39 is 23.5 Å². The van der Waals surface area contributed by atoms with E-state index in [2.05, 4.69) is 10.3 Å². The van der Waals surface area contributed by atoms with Gasteiger partial charge in [-0.05, 0) is 54.4 Å². The van der Waals surface area contributed by atoms with Gasteiger partial charge in [0.1, 0.15) is 22.9 Å². The molecule has 1 amide bonds. The third-order valence-electron chi connectivity index (χ3n) is 4.16. The number of hydrogen-bond donors (Lipinski definition) is 2. The Bertz CT molecular complexity index is 1070. The number of benzene rings is 2. The second kappa shape index (κ2) is 8.47. The third kappa shape index (κ3) is 4.73. The first-order chi connectivity index (χ1) is 13.8. The highest BCUT2D eigenvalue weighted by Gasteiger charge is 2.18. The quantitative estimate of drug-likeness (QED) is 0.653. The molecule has 1 aromatic heterocycles. The van der Waals surface area contributed by atoms with Crippen LogP contribution in [0.1, 0.15) is 31.8 Å². The van der Waals surface area contributed by atoms with Gasteiger partial charge in [-0.15, -0.1) is 0 Å². The van der Waals surface area contributed by atoms with E-state index in [0.29, 0.717) is 11.1 Å². The van der Waals surface area contributed by atoms with E-state index in [1.807, 2.05) is 0 Å². The van der Waals surface area contributed by atoms with Crippen LogP contribution in [-0.2, 0) is 6.54 Å². The van der Waals surface area contributed by atoms with Crippen LogP contribution in [0.5, 0.6) is 11.6 Å². The number of aryl methyl sites for hydroxylation is 1. The molecule has 2 aromatic carbocycles. The number of rotatable bonds is 6. The van der Waals surface area contributed by atoms with Gasteiger partial charge in [0.15, 0.2) is 0 Å². The number of hydrogen-bond acceptors (Lipinski definition) is 4. The van der Waals surface area contributed by atoms with E-state index in [-0.39, 0.29) is 29.3 Å². The first-order valence-electron chi connectivity index (χ1n) is 8.54. The summed E-state index contributed by atoms with van der Waals surface area (Å²) in [4.78, 5) is 27.8. The van der Waals surface area contributed by atoms with Gasteiger partial charge in [0.25, 0.3) is 5.91 Å². The summed E-state index contributed by atoms with van der Waals surface area (Å²) in [6, 6.07) is 10.7. The van der Waals surface area contributed by atoms with Crippen LogP contribution in [0.3, 0.4) is 0 Å². The van der Waals surface area contributed by atoms with Gasteiger partial charge in [-0.25, -0.2) is 18.6 Å². The van der Waals surface area contributed by atoms with E-state index >= 15 is 0 Å². The summed E-state index contributed by atoms with van der Waals surface area (Å²) in [6.45, 7) is 1.64. The first-order valence-corrected chi connectivity index (χ1v) is 8.54. The average molecular weight is 398 g/mol. The summed E-state index contributed by atoms with van der Waals surface area (Å²) < 4.78 is 32.2. The molecule has 0 bridgehead atoms.